The predicted molar refractivity (Wildman–Crippen MR) is 237 cm³/mol. The van der Waals surface area contributed by atoms with E-state index in [9.17, 15) is 19.2 Å². The third-order valence-electron chi connectivity index (χ3n) is 11.5. The van der Waals surface area contributed by atoms with E-state index < -0.39 is 17.7 Å². The van der Waals surface area contributed by atoms with Gasteiger partial charge in [-0.3, -0.25) is 19.4 Å². The number of carbonyl (C=O) groups excluding carboxylic acids is 4. The summed E-state index contributed by atoms with van der Waals surface area (Å²) >= 11 is 0. The predicted octanol–water partition coefficient (Wildman–Crippen LogP) is 9.29. The van der Waals surface area contributed by atoms with Gasteiger partial charge in [0.25, 0.3) is 5.91 Å². The van der Waals surface area contributed by atoms with Gasteiger partial charge in [-0.1, -0.05) is 39.3 Å². The first-order chi connectivity index (χ1) is 28.5. The van der Waals surface area contributed by atoms with E-state index in [1.807, 2.05) is 52.8 Å². The molecule has 0 spiro atoms. The molecular formula is C47H62N6O7. The Morgan fingerprint density at radius 1 is 0.850 bits per heavy atom. The number of rotatable bonds is 15. The number of aromatic nitrogens is 4. The molecule has 322 valence electrons. The fraction of sp³-hybridized carbons (Fsp3) is 0.489. The summed E-state index contributed by atoms with van der Waals surface area (Å²) < 4.78 is 15.6. The summed E-state index contributed by atoms with van der Waals surface area (Å²) in [5.74, 6) is -1.59. The summed E-state index contributed by atoms with van der Waals surface area (Å²) in [4.78, 5) is 69.9. The van der Waals surface area contributed by atoms with Crippen LogP contribution >= 0.6 is 0 Å². The van der Waals surface area contributed by atoms with Gasteiger partial charge in [0.15, 0.2) is 0 Å². The van der Waals surface area contributed by atoms with Gasteiger partial charge >= 0.3 is 18.0 Å². The summed E-state index contributed by atoms with van der Waals surface area (Å²) in [5, 5.41) is 5.93. The van der Waals surface area contributed by atoms with E-state index in [0.29, 0.717) is 52.9 Å². The molecule has 60 heavy (non-hydrogen) atoms. The van der Waals surface area contributed by atoms with Gasteiger partial charge in [0, 0.05) is 64.7 Å². The molecule has 2 atom stereocenters. The lowest BCUT2D eigenvalue weighted by Crippen LogP contribution is -2.33. The molecule has 2 aliphatic heterocycles. The molecule has 3 aromatic heterocycles. The number of aromatic amines is 2. The number of ether oxygens (including phenoxy) is 3. The minimum absolute atomic E-state index is 0.141. The zero-order valence-electron chi connectivity index (χ0n) is 37.0. The maximum Gasteiger partial charge on any atom is 0.407 e. The highest BCUT2D eigenvalue weighted by Gasteiger charge is 2.34. The number of alkyl carbamates (subject to hydrolysis) is 1. The van der Waals surface area contributed by atoms with Crippen LogP contribution in [-0.2, 0) is 30.2 Å². The molecule has 0 saturated heterocycles. The van der Waals surface area contributed by atoms with Crippen molar-refractivity contribution in [1.29, 1.82) is 0 Å². The summed E-state index contributed by atoms with van der Waals surface area (Å²) in [7, 11) is 2.71. The molecule has 0 saturated carbocycles. The SMILES string of the molecule is C=Cc1c(C)c2cc3nc(c(CC(=O)OC)c4[nH]c(cc5nc(cc1[nH]2)C(C)=C5CC)c(C)c4C(=O)NCCCCCCNC(=O)OC(C)(C)C)C(CCC(=O)OC)C3C. The molecule has 0 radical (unpaired) electrons. The highest BCUT2D eigenvalue weighted by Crippen LogP contribution is 2.43. The van der Waals surface area contributed by atoms with Gasteiger partial charge in [0.1, 0.15) is 5.60 Å². The second-order valence-electron chi connectivity index (χ2n) is 16.6. The van der Waals surface area contributed by atoms with Crippen molar-refractivity contribution in [3.63, 3.8) is 0 Å². The van der Waals surface area contributed by atoms with Gasteiger partial charge in [-0.25, -0.2) is 9.78 Å². The smallest absolute Gasteiger partial charge is 0.407 e. The number of nitrogens with zero attached hydrogens (tertiary/aromatic N) is 2. The normalized spacial score (nSPS) is 15.1. The molecule has 3 aromatic rings. The fourth-order valence-corrected chi connectivity index (χ4v) is 8.10. The lowest BCUT2D eigenvalue weighted by atomic mass is 9.85. The zero-order chi connectivity index (χ0) is 43.9. The van der Waals surface area contributed by atoms with E-state index in [1.54, 1.807) is 0 Å². The topological polar surface area (TPSA) is 177 Å². The summed E-state index contributed by atoms with van der Waals surface area (Å²) in [6, 6.07) is 6.06. The number of allylic oxidation sites excluding steroid dienone is 2. The van der Waals surface area contributed by atoms with Gasteiger partial charge in [0.05, 0.1) is 48.8 Å². The number of methoxy groups -OCH3 is 2. The largest absolute Gasteiger partial charge is 0.469 e. The maximum absolute atomic E-state index is 14.4. The molecule has 0 fully saturated rings. The molecular weight excluding hydrogens is 761 g/mol. The molecule has 5 rings (SSSR count). The summed E-state index contributed by atoms with van der Waals surface area (Å²) in [6.45, 7) is 20.7. The number of esters is 2. The Morgan fingerprint density at radius 3 is 2.13 bits per heavy atom. The number of H-pyrrole nitrogens is 2. The Balaban J connectivity index is 1.67. The van der Waals surface area contributed by atoms with Crippen molar-refractivity contribution in [1.82, 2.24) is 30.6 Å². The number of nitrogens with one attached hydrogen (secondary N) is 4. The minimum atomic E-state index is -0.554. The zero-order valence-corrected chi connectivity index (χ0v) is 37.0. The van der Waals surface area contributed by atoms with Crippen molar-refractivity contribution in [3.05, 3.63) is 75.4 Å². The first kappa shape index (κ1) is 45.4. The third-order valence-corrected chi connectivity index (χ3v) is 11.5. The van der Waals surface area contributed by atoms with Crippen molar-refractivity contribution < 1.29 is 33.4 Å². The van der Waals surface area contributed by atoms with Crippen LogP contribution in [0.25, 0.3) is 39.3 Å². The van der Waals surface area contributed by atoms with Crippen LogP contribution < -0.4 is 10.6 Å². The standard InChI is InChI=1S/C47H62N6O7/c1-12-30-26(3)34-23-36-28(5)32(18-19-40(54)58-10)43(52-36)33(22-41(55)59-11)44-42(45(56)48-20-16-14-15-17-21-49-46(57)60-47(7,8)9)29(6)37(53-44)25-39-31(13-2)27(4)35(51-39)24-38(30)50-34/h12,23-25,28,32,50,53H,1,13-22H2,2-11H3,(H,48,56)(H,49,57). The van der Waals surface area contributed by atoms with Crippen LogP contribution in [0.2, 0.25) is 0 Å². The van der Waals surface area contributed by atoms with Crippen molar-refractivity contribution >= 4 is 63.2 Å². The molecule has 0 aromatic carbocycles. The molecule has 0 aliphatic carbocycles. The Labute approximate surface area is 353 Å². The molecule has 13 heteroatoms. The highest BCUT2D eigenvalue weighted by atomic mass is 16.6. The van der Waals surface area contributed by atoms with E-state index in [2.05, 4.69) is 54.0 Å². The van der Waals surface area contributed by atoms with Crippen LogP contribution in [-0.4, -0.2) is 76.8 Å². The fourth-order valence-electron chi connectivity index (χ4n) is 8.10. The van der Waals surface area contributed by atoms with Gasteiger partial charge in [-0.05, 0) is 108 Å². The lowest BCUT2D eigenvalue weighted by molar-refractivity contribution is -0.141. The van der Waals surface area contributed by atoms with E-state index in [1.165, 1.54) is 14.2 Å². The third kappa shape index (κ3) is 10.3. The Bertz CT molecular complexity index is 2340. The van der Waals surface area contributed by atoms with Gasteiger partial charge < -0.3 is 34.8 Å². The van der Waals surface area contributed by atoms with Gasteiger partial charge in [-0.15, -0.1) is 0 Å². The lowest BCUT2D eigenvalue weighted by Gasteiger charge is -2.19. The molecule has 8 bridgehead atoms. The Kier molecular flexibility index (Phi) is 14.8. The van der Waals surface area contributed by atoms with Crippen LogP contribution in [0.4, 0.5) is 4.79 Å². The Morgan fingerprint density at radius 2 is 1.50 bits per heavy atom. The number of fused-ring (bicyclic) bond motifs is 8. The summed E-state index contributed by atoms with van der Waals surface area (Å²) in [5.41, 5.74) is 11.0. The van der Waals surface area contributed by atoms with Crippen LogP contribution in [0.1, 0.15) is 154 Å². The second-order valence-corrected chi connectivity index (χ2v) is 16.6. The van der Waals surface area contributed by atoms with E-state index in [4.69, 9.17) is 24.2 Å². The highest BCUT2D eigenvalue weighted by molar-refractivity contribution is 6.06. The Hall–Kier alpha value is -5.72. The quantitative estimate of drug-likeness (QED) is 0.0661. The molecule has 5 heterocycles. The van der Waals surface area contributed by atoms with E-state index in [0.717, 1.165) is 82.5 Å². The van der Waals surface area contributed by atoms with Crippen LogP contribution in [0.15, 0.2) is 24.8 Å². The average Bonchev–Trinajstić information content (AvgIpc) is 3.88. The molecule has 2 unspecified atom stereocenters. The van der Waals surface area contributed by atoms with Crippen LogP contribution in [0, 0.1) is 13.8 Å². The van der Waals surface area contributed by atoms with Crippen molar-refractivity contribution in [2.24, 2.45) is 0 Å². The van der Waals surface area contributed by atoms with E-state index >= 15 is 0 Å². The van der Waals surface area contributed by atoms with Crippen molar-refractivity contribution in [2.45, 2.75) is 124 Å². The monoisotopic (exact) mass is 822 g/mol. The maximum atomic E-state index is 14.4. The molecule has 4 N–H and O–H groups in total. The first-order valence-corrected chi connectivity index (χ1v) is 21.0. The minimum Gasteiger partial charge on any atom is -0.469 e. The number of unbranched alkanes of at least 4 members (excludes halogenated alkanes) is 3. The summed E-state index contributed by atoms with van der Waals surface area (Å²) in [6.07, 6.45) is 5.74. The number of amides is 2. The van der Waals surface area contributed by atoms with Crippen LogP contribution in [0.5, 0.6) is 0 Å². The van der Waals surface area contributed by atoms with E-state index in [-0.39, 0.29) is 36.6 Å². The van der Waals surface area contributed by atoms with Crippen LogP contribution in [0.3, 0.4) is 0 Å². The molecule has 2 amide bonds. The number of aryl methyl sites for hydroxylation is 2. The van der Waals surface area contributed by atoms with Crippen molar-refractivity contribution in [3.8, 4) is 0 Å². The van der Waals surface area contributed by atoms with Gasteiger partial charge in [0.2, 0.25) is 0 Å². The number of carbonyl (C=O) groups is 4. The average molecular weight is 823 g/mol. The van der Waals surface area contributed by atoms with Crippen molar-refractivity contribution in [2.75, 3.05) is 27.3 Å². The van der Waals surface area contributed by atoms with Gasteiger partial charge in [-0.2, -0.15) is 0 Å². The molecule has 13 nitrogen and oxygen atoms in total. The number of hydrogen-bond acceptors (Lipinski definition) is 9. The molecule has 2 aliphatic rings. The second kappa shape index (κ2) is 19.6. The first-order valence-electron chi connectivity index (χ1n) is 21.0. The number of hydrogen-bond donors (Lipinski definition) is 4.